The number of hydrogen-bond donors (Lipinski definition) is 1. The summed E-state index contributed by atoms with van der Waals surface area (Å²) in [5.74, 6) is -0.573. The van der Waals surface area contributed by atoms with Crippen LogP contribution >= 0.6 is 0 Å². The average Bonchev–Trinajstić information content (AvgIpc) is 2.53. The second-order valence-electron chi connectivity index (χ2n) is 5.91. The van der Waals surface area contributed by atoms with Crippen LogP contribution in [0.4, 0.5) is 0 Å². The molecule has 0 bridgehead atoms. The highest BCUT2D eigenvalue weighted by molar-refractivity contribution is 5.81. The number of carbonyl (C=O) groups is 2. The normalized spacial score (nSPS) is 18.4. The fraction of sp³-hybridized carbons (Fsp3) is 0.875. The van der Waals surface area contributed by atoms with Crippen molar-refractivity contribution in [3.05, 3.63) is 0 Å². The van der Waals surface area contributed by atoms with E-state index in [1.54, 1.807) is 0 Å². The van der Waals surface area contributed by atoms with E-state index in [0.717, 1.165) is 45.6 Å². The minimum atomic E-state index is -0.769. The van der Waals surface area contributed by atoms with E-state index < -0.39 is 5.97 Å². The maximum Gasteiger partial charge on any atom is 0.317 e. The van der Waals surface area contributed by atoms with Crippen molar-refractivity contribution in [1.82, 2.24) is 14.7 Å². The zero-order valence-corrected chi connectivity index (χ0v) is 14.4. The number of nitrogens with zero attached hydrogens (tertiary/aromatic N) is 3. The summed E-state index contributed by atoms with van der Waals surface area (Å²) < 4.78 is 0. The SMILES string of the molecule is CCN(CC)C(=O)C(C)N1CCC(N(CC)CC(=O)O)CC1. The molecule has 0 saturated carbocycles. The Bertz CT molecular complexity index is 364. The number of carboxylic acids is 1. The molecule has 0 radical (unpaired) electrons. The van der Waals surface area contributed by atoms with Crippen molar-refractivity contribution < 1.29 is 14.7 Å². The molecule has 1 fully saturated rings. The van der Waals surface area contributed by atoms with Crippen molar-refractivity contribution in [2.45, 2.75) is 52.6 Å². The summed E-state index contributed by atoms with van der Waals surface area (Å²) in [6.07, 6.45) is 1.86. The van der Waals surface area contributed by atoms with Crippen molar-refractivity contribution in [1.29, 1.82) is 0 Å². The Balaban J connectivity index is 2.53. The molecule has 1 unspecified atom stereocenters. The number of carbonyl (C=O) groups excluding carboxylic acids is 1. The lowest BCUT2D eigenvalue weighted by molar-refractivity contribution is -0.139. The zero-order chi connectivity index (χ0) is 16.7. The molecule has 128 valence electrons. The Morgan fingerprint density at radius 3 is 2.09 bits per heavy atom. The van der Waals surface area contributed by atoms with Gasteiger partial charge in [0.25, 0.3) is 0 Å². The molecule has 1 N–H and O–H groups in total. The molecule has 1 aliphatic rings. The first-order chi connectivity index (χ1) is 10.4. The van der Waals surface area contributed by atoms with Gasteiger partial charge in [-0.15, -0.1) is 0 Å². The number of aliphatic carboxylic acids is 1. The fourth-order valence-electron chi connectivity index (χ4n) is 3.27. The van der Waals surface area contributed by atoms with Gasteiger partial charge in [0.05, 0.1) is 12.6 Å². The van der Waals surface area contributed by atoms with Gasteiger partial charge in [-0.05, 0) is 40.2 Å². The first-order valence-corrected chi connectivity index (χ1v) is 8.43. The Labute approximate surface area is 134 Å². The molecule has 22 heavy (non-hydrogen) atoms. The van der Waals surface area contributed by atoms with Gasteiger partial charge >= 0.3 is 5.97 Å². The molecule has 1 amide bonds. The number of carboxylic acid groups (broad SMARTS) is 1. The standard InChI is InChI=1S/C16H31N3O3/c1-5-17(6-2)16(22)13(4)19-10-8-14(9-11-19)18(7-3)12-15(20)21/h13-14H,5-12H2,1-4H3,(H,20,21). The number of likely N-dealkylation sites (tertiary alicyclic amines) is 1. The van der Waals surface area contributed by atoms with Gasteiger partial charge in [0.15, 0.2) is 0 Å². The molecule has 1 saturated heterocycles. The highest BCUT2D eigenvalue weighted by Gasteiger charge is 2.30. The molecule has 0 aliphatic carbocycles. The van der Waals surface area contributed by atoms with Crippen LogP contribution in [0.25, 0.3) is 0 Å². The second kappa shape index (κ2) is 9.10. The molecule has 0 aromatic heterocycles. The molecule has 1 aliphatic heterocycles. The largest absolute Gasteiger partial charge is 0.480 e. The van der Waals surface area contributed by atoms with Gasteiger partial charge in [-0.3, -0.25) is 19.4 Å². The first kappa shape index (κ1) is 18.9. The lowest BCUT2D eigenvalue weighted by Gasteiger charge is -2.40. The number of rotatable bonds is 8. The predicted octanol–water partition coefficient (Wildman–Crippen LogP) is 1.11. The summed E-state index contributed by atoms with van der Waals surface area (Å²) in [7, 11) is 0. The van der Waals surface area contributed by atoms with E-state index in [1.807, 2.05) is 37.5 Å². The topological polar surface area (TPSA) is 64.1 Å². The number of piperidine rings is 1. The van der Waals surface area contributed by atoms with Crippen LogP contribution in [0.5, 0.6) is 0 Å². The van der Waals surface area contributed by atoms with E-state index >= 15 is 0 Å². The van der Waals surface area contributed by atoms with Gasteiger partial charge < -0.3 is 10.0 Å². The summed E-state index contributed by atoms with van der Waals surface area (Å²) in [6.45, 7) is 12.1. The summed E-state index contributed by atoms with van der Waals surface area (Å²) in [4.78, 5) is 29.5. The summed E-state index contributed by atoms with van der Waals surface area (Å²) in [5, 5.41) is 8.97. The third-order valence-corrected chi connectivity index (χ3v) is 4.74. The Hall–Kier alpha value is -1.14. The molecule has 6 heteroatoms. The van der Waals surface area contributed by atoms with Crippen LogP contribution in [0.1, 0.15) is 40.5 Å². The molecule has 0 spiro atoms. The maximum absolute atomic E-state index is 12.4. The number of amides is 1. The van der Waals surface area contributed by atoms with Crippen LogP contribution in [-0.4, -0.2) is 83.0 Å². The lowest BCUT2D eigenvalue weighted by atomic mass is 10.0. The monoisotopic (exact) mass is 313 g/mol. The van der Waals surface area contributed by atoms with E-state index in [4.69, 9.17) is 5.11 Å². The van der Waals surface area contributed by atoms with E-state index in [0.29, 0.717) is 6.04 Å². The minimum absolute atomic E-state index is 0.0876. The average molecular weight is 313 g/mol. The minimum Gasteiger partial charge on any atom is -0.480 e. The van der Waals surface area contributed by atoms with E-state index in [1.165, 1.54) is 0 Å². The van der Waals surface area contributed by atoms with E-state index in [-0.39, 0.29) is 18.5 Å². The molecule has 0 aromatic carbocycles. The van der Waals surface area contributed by atoms with Crippen LogP contribution in [0.3, 0.4) is 0 Å². The van der Waals surface area contributed by atoms with Crippen LogP contribution < -0.4 is 0 Å². The third kappa shape index (κ3) is 4.95. The van der Waals surface area contributed by atoms with Crippen molar-refractivity contribution >= 4 is 11.9 Å². The fourth-order valence-corrected chi connectivity index (χ4v) is 3.27. The quantitative estimate of drug-likeness (QED) is 0.727. The summed E-state index contributed by atoms with van der Waals surface area (Å²) >= 11 is 0. The van der Waals surface area contributed by atoms with Crippen molar-refractivity contribution in [2.75, 3.05) is 39.3 Å². The summed E-state index contributed by atoms with van der Waals surface area (Å²) in [6, 6.07) is 0.225. The van der Waals surface area contributed by atoms with Gasteiger partial charge in [-0.1, -0.05) is 6.92 Å². The van der Waals surface area contributed by atoms with E-state index in [9.17, 15) is 9.59 Å². The summed E-state index contributed by atoms with van der Waals surface area (Å²) in [5.41, 5.74) is 0. The van der Waals surface area contributed by atoms with Crippen molar-refractivity contribution in [3.63, 3.8) is 0 Å². The molecular formula is C16H31N3O3. The third-order valence-electron chi connectivity index (χ3n) is 4.74. The van der Waals surface area contributed by atoms with Gasteiger partial charge in [-0.25, -0.2) is 0 Å². The zero-order valence-electron chi connectivity index (χ0n) is 14.4. The first-order valence-electron chi connectivity index (χ1n) is 8.43. The van der Waals surface area contributed by atoms with E-state index in [2.05, 4.69) is 4.90 Å². The van der Waals surface area contributed by atoms with Gasteiger partial charge in [0.1, 0.15) is 0 Å². The van der Waals surface area contributed by atoms with Gasteiger partial charge in [0, 0.05) is 32.2 Å². The van der Waals surface area contributed by atoms with Crippen LogP contribution in [0, 0.1) is 0 Å². The van der Waals surface area contributed by atoms with Crippen LogP contribution in [0.2, 0.25) is 0 Å². The Morgan fingerprint density at radius 2 is 1.68 bits per heavy atom. The molecule has 6 nitrogen and oxygen atoms in total. The van der Waals surface area contributed by atoms with Crippen LogP contribution in [-0.2, 0) is 9.59 Å². The van der Waals surface area contributed by atoms with Crippen LogP contribution in [0.15, 0.2) is 0 Å². The number of likely N-dealkylation sites (N-methyl/N-ethyl adjacent to an activating group) is 2. The molecule has 1 rings (SSSR count). The second-order valence-corrected chi connectivity index (χ2v) is 5.91. The van der Waals surface area contributed by atoms with Gasteiger partial charge in [-0.2, -0.15) is 0 Å². The smallest absolute Gasteiger partial charge is 0.317 e. The molecule has 1 atom stereocenters. The molecule has 1 heterocycles. The highest BCUT2D eigenvalue weighted by Crippen LogP contribution is 2.19. The maximum atomic E-state index is 12.4. The lowest BCUT2D eigenvalue weighted by Crippen LogP contribution is -2.53. The molecular weight excluding hydrogens is 282 g/mol. The van der Waals surface area contributed by atoms with Crippen molar-refractivity contribution in [2.24, 2.45) is 0 Å². The Morgan fingerprint density at radius 1 is 1.14 bits per heavy atom. The predicted molar refractivity (Wildman–Crippen MR) is 86.9 cm³/mol. The molecule has 0 aromatic rings. The van der Waals surface area contributed by atoms with Gasteiger partial charge in [0.2, 0.25) is 5.91 Å². The highest BCUT2D eigenvalue weighted by atomic mass is 16.4. The Kier molecular flexibility index (Phi) is 7.82. The number of hydrogen-bond acceptors (Lipinski definition) is 4. The van der Waals surface area contributed by atoms with Crippen molar-refractivity contribution in [3.8, 4) is 0 Å².